The Kier molecular flexibility index (Phi) is 1.53. The Bertz CT molecular complexity index is 318. The summed E-state index contributed by atoms with van der Waals surface area (Å²) in [5.74, 6) is 0. The molecule has 0 spiro atoms. The van der Waals surface area contributed by atoms with Gasteiger partial charge in [0.1, 0.15) is 0 Å². The first-order valence-electron chi connectivity index (χ1n) is 4.30. The molecule has 62 valence electrons. The quantitative estimate of drug-likeness (QED) is 0.515. The third kappa shape index (κ3) is 0.826. The second-order valence-electron chi connectivity index (χ2n) is 3.52. The molecule has 0 aromatic heterocycles. The van der Waals surface area contributed by atoms with Crippen molar-refractivity contribution in [3.8, 4) is 0 Å². The van der Waals surface area contributed by atoms with Crippen LogP contribution in [0.25, 0.3) is 0 Å². The molecule has 0 N–H and O–H groups in total. The summed E-state index contributed by atoms with van der Waals surface area (Å²) in [7, 11) is 1.87. The fourth-order valence-electron chi connectivity index (χ4n) is 1.84. The Labute approximate surface area is 73.2 Å². The highest BCUT2D eigenvalue weighted by atomic mass is 14.7. The van der Waals surface area contributed by atoms with Gasteiger partial charge in [-0.25, -0.2) is 0 Å². The minimum Gasteiger partial charge on any atom is -0.292 e. The molecule has 0 radical (unpaired) electrons. The smallest absolute Gasteiger partial charge is 0.0450 e. The van der Waals surface area contributed by atoms with Crippen LogP contribution in [0.2, 0.25) is 0 Å². The zero-order valence-electron chi connectivity index (χ0n) is 7.54. The molecule has 1 unspecified atom stereocenters. The topological polar surface area (TPSA) is 12.4 Å². The van der Waals surface area contributed by atoms with Crippen LogP contribution in [0.3, 0.4) is 0 Å². The van der Waals surface area contributed by atoms with Crippen molar-refractivity contribution in [3.63, 3.8) is 0 Å². The van der Waals surface area contributed by atoms with Crippen molar-refractivity contribution in [2.24, 2.45) is 10.4 Å². The largest absolute Gasteiger partial charge is 0.292 e. The number of fused-ring (bicyclic) bond motifs is 1. The molecule has 2 rings (SSSR count). The summed E-state index contributed by atoms with van der Waals surface area (Å²) < 4.78 is 0. The van der Waals surface area contributed by atoms with E-state index in [0.29, 0.717) is 0 Å². The monoisotopic (exact) mass is 159 g/mol. The molecule has 0 bridgehead atoms. The molecule has 0 aliphatic heterocycles. The van der Waals surface area contributed by atoms with Crippen molar-refractivity contribution in [2.45, 2.75) is 13.3 Å². The van der Waals surface area contributed by atoms with Crippen LogP contribution in [-0.2, 0) is 0 Å². The fraction of sp³-hybridized carbons (Fsp3) is 0.364. The van der Waals surface area contributed by atoms with Gasteiger partial charge in [0.2, 0.25) is 0 Å². The molecule has 0 saturated carbocycles. The summed E-state index contributed by atoms with van der Waals surface area (Å²) in [6, 6.07) is 0. The van der Waals surface area contributed by atoms with Crippen molar-refractivity contribution in [1.82, 2.24) is 0 Å². The maximum atomic E-state index is 4.31. The van der Waals surface area contributed by atoms with Gasteiger partial charge in [-0.15, -0.1) is 0 Å². The van der Waals surface area contributed by atoms with Gasteiger partial charge in [-0.1, -0.05) is 24.3 Å². The summed E-state index contributed by atoms with van der Waals surface area (Å²) >= 11 is 0. The zero-order valence-corrected chi connectivity index (χ0v) is 7.54. The van der Waals surface area contributed by atoms with Gasteiger partial charge >= 0.3 is 0 Å². The van der Waals surface area contributed by atoms with Crippen molar-refractivity contribution in [1.29, 1.82) is 0 Å². The second-order valence-corrected chi connectivity index (χ2v) is 3.52. The van der Waals surface area contributed by atoms with Gasteiger partial charge in [0.05, 0.1) is 0 Å². The minimum absolute atomic E-state index is 0.207. The van der Waals surface area contributed by atoms with Crippen molar-refractivity contribution < 1.29 is 0 Å². The maximum absolute atomic E-state index is 4.31. The van der Waals surface area contributed by atoms with Crippen LogP contribution < -0.4 is 0 Å². The molecular weight excluding hydrogens is 146 g/mol. The van der Waals surface area contributed by atoms with Crippen molar-refractivity contribution >= 4 is 5.71 Å². The first kappa shape index (κ1) is 7.53. The predicted molar refractivity (Wildman–Crippen MR) is 52.4 cm³/mol. The van der Waals surface area contributed by atoms with E-state index in [0.717, 1.165) is 6.42 Å². The van der Waals surface area contributed by atoms with Crippen molar-refractivity contribution in [3.05, 3.63) is 36.0 Å². The molecule has 1 heteroatoms. The normalized spacial score (nSPS) is 35.5. The molecular formula is C11H13N. The van der Waals surface area contributed by atoms with E-state index < -0.39 is 0 Å². The van der Waals surface area contributed by atoms with Gasteiger partial charge < -0.3 is 0 Å². The van der Waals surface area contributed by atoms with E-state index in [2.05, 4.69) is 42.3 Å². The third-order valence-electron chi connectivity index (χ3n) is 2.81. The average Bonchev–Trinajstić information content (AvgIpc) is 2.16. The molecule has 1 nitrogen and oxygen atoms in total. The molecule has 2 aliphatic carbocycles. The van der Waals surface area contributed by atoms with Gasteiger partial charge in [0, 0.05) is 18.2 Å². The SMILES string of the molecule is CN=C1C=CC=CC2=CCC21C. The van der Waals surface area contributed by atoms with Gasteiger partial charge in [0.15, 0.2) is 0 Å². The van der Waals surface area contributed by atoms with Gasteiger partial charge in [-0.3, -0.25) is 4.99 Å². The summed E-state index contributed by atoms with van der Waals surface area (Å²) in [5.41, 5.74) is 2.82. The van der Waals surface area contributed by atoms with E-state index in [1.165, 1.54) is 11.3 Å². The summed E-state index contributed by atoms with van der Waals surface area (Å²) in [5, 5.41) is 0. The number of aliphatic imine (C=N–C) groups is 1. The molecule has 12 heavy (non-hydrogen) atoms. The Morgan fingerprint density at radius 2 is 2.08 bits per heavy atom. The molecule has 0 saturated heterocycles. The first-order chi connectivity index (χ1) is 5.77. The lowest BCUT2D eigenvalue weighted by Crippen LogP contribution is -2.33. The standard InChI is InChI=1S/C11H13N/c1-11-8-7-9(11)5-3-4-6-10(11)12-2/h3-7H,8H2,1-2H3. The van der Waals surface area contributed by atoms with Gasteiger partial charge in [-0.2, -0.15) is 0 Å². The lowest BCUT2D eigenvalue weighted by atomic mass is 9.67. The third-order valence-corrected chi connectivity index (χ3v) is 2.81. The Balaban J connectivity index is 2.47. The molecule has 0 aromatic carbocycles. The Hall–Kier alpha value is -1.11. The predicted octanol–water partition coefficient (Wildman–Crippen LogP) is 2.52. The number of hydrogen-bond donors (Lipinski definition) is 0. The highest BCUT2D eigenvalue weighted by molar-refractivity contribution is 6.03. The Morgan fingerprint density at radius 3 is 2.67 bits per heavy atom. The Morgan fingerprint density at radius 1 is 1.33 bits per heavy atom. The molecule has 0 heterocycles. The number of hydrogen-bond acceptors (Lipinski definition) is 1. The second kappa shape index (κ2) is 2.44. The number of allylic oxidation sites excluding steroid dienone is 6. The van der Waals surface area contributed by atoms with Crippen molar-refractivity contribution in [2.75, 3.05) is 7.05 Å². The van der Waals surface area contributed by atoms with E-state index in [1.807, 2.05) is 7.05 Å². The van der Waals surface area contributed by atoms with E-state index in [-0.39, 0.29) is 5.41 Å². The van der Waals surface area contributed by atoms with E-state index in [4.69, 9.17) is 0 Å². The van der Waals surface area contributed by atoms with Crippen LogP contribution in [-0.4, -0.2) is 12.8 Å². The van der Waals surface area contributed by atoms with Crippen LogP contribution in [0.15, 0.2) is 40.9 Å². The summed E-state index contributed by atoms with van der Waals surface area (Å²) in [6.45, 7) is 2.25. The highest BCUT2D eigenvalue weighted by Crippen LogP contribution is 2.43. The van der Waals surface area contributed by atoms with E-state index in [1.54, 1.807) is 0 Å². The van der Waals surface area contributed by atoms with Crippen LogP contribution in [0.4, 0.5) is 0 Å². The van der Waals surface area contributed by atoms with Gasteiger partial charge in [0.25, 0.3) is 0 Å². The van der Waals surface area contributed by atoms with Crippen LogP contribution >= 0.6 is 0 Å². The molecule has 2 aliphatic rings. The number of rotatable bonds is 0. The molecule has 0 amide bonds. The van der Waals surface area contributed by atoms with Crippen LogP contribution in [0, 0.1) is 5.41 Å². The van der Waals surface area contributed by atoms with Crippen LogP contribution in [0.5, 0.6) is 0 Å². The minimum atomic E-state index is 0.207. The highest BCUT2D eigenvalue weighted by Gasteiger charge is 2.37. The van der Waals surface area contributed by atoms with Gasteiger partial charge in [-0.05, 0) is 25.0 Å². The fourth-order valence-corrected chi connectivity index (χ4v) is 1.84. The number of nitrogens with zero attached hydrogens (tertiary/aromatic N) is 1. The lowest BCUT2D eigenvalue weighted by molar-refractivity contribution is 0.523. The lowest BCUT2D eigenvalue weighted by Gasteiger charge is -2.37. The summed E-state index contributed by atoms with van der Waals surface area (Å²) in [4.78, 5) is 4.31. The van der Waals surface area contributed by atoms with Crippen LogP contribution in [0.1, 0.15) is 13.3 Å². The van der Waals surface area contributed by atoms with E-state index >= 15 is 0 Å². The molecule has 0 aromatic rings. The zero-order chi connectivity index (χ0) is 8.60. The average molecular weight is 159 g/mol. The molecule has 1 atom stereocenters. The molecule has 0 fully saturated rings. The van der Waals surface area contributed by atoms with E-state index in [9.17, 15) is 0 Å². The maximum Gasteiger partial charge on any atom is 0.0450 e. The summed E-state index contributed by atoms with van der Waals surface area (Å²) in [6.07, 6.45) is 11.8. The first-order valence-corrected chi connectivity index (χ1v) is 4.30.